The van der Waals surface area contributed by atoms with Gasteiger partial charge in [-0.3, -0.25) is 14.9 Å². The number of carbonyl (C=O) groups excluding carboxylic acids is 2. The van der Waals surface area contributed by atoms with Gasteiger partial charge in [-0.25, -0.2) is 9.59 Å². The van der Waals surface area contributed by atoms with E-state index < -0.39 is 30.0 Å². The summed E-state index contributed by atoms with van der Waals surface area (Å²) in [5.74, 6) is -3.19. The molecule has 0 radical (unpaired) electrons. The third-order valence-corrected chi connectivity index (χ3v) is 3.56. The zero-order valence-corrected chi connectivity index (χ0v) is 17.4. The average Bonchev–Trinajstić information content (AvgIpc) is 2.71. The van der Waals surface area contributed by atoms with Crippen LogP contribution in [0.2, 0.25) is 0 Å². The molecule has 3 N–H and O–H groups in total. The molecule has 9 nitrogen and oxygen atoms in total. The van der Waals surface area contributed by atoms with E-state index in [-0.39, 0.29) is 12.6 Å². The molecule has 0 saturated heterocycles. The number of rotatable bonds is 11. The fourth-order valence-corrected chi connectivity index (χ4v) is 2.09. The fourth-order valence-electron chi connectivity index (χ4n) is 2.09. The van der Waals surface area contributed by atoms with Gasteiger partial charge in [-0.15, -0.1) is 0 Å². The predicted octanol–water partition coefficient (Wildman–Crippen LogP) is 2.15. The van der Waals surface area contributed by atoms with Gasteiger partial charge in [0, 0.05) is 12.2 Å². The number of hydrogen-bond donors (Lipinski definition) is 3. The molecule has 30 heavy (non-hydrogen) atoms. The Kier molecular flexibility index (Phi) is 14.0. The highest BCUT2D eigenvalue weighted by Gasteiger charge is 2.23. The van der Waals surface area contributed by atoms with Gasteiger partial charge in [-0.05, 0) is 25.8 Å². The molecule has 0 heterocycles. The highest BCUT2D eigenvalue weighted by Crippen LogP contribution is 2.02. The summed E-state index contributed by atoms with van der Waals surface area (Å²) in [4.78, 5) is 43.1. The van der Waals surface area contributed by atoms with Gasteiger partial charge in [0.25, 0.3) is 0 Å². The molecule has 1 aromatic carbocycles. The minimum atomic E-state index is -1.17. The van der Waals surface area contributed by atoms with E-state index in [0.29, 0.717) is 13.0 Å². The van der Waals surface area contributed by atoms with Gasteiger partial charge in [0.2, 0.25) is 0 Å². The van der Waals surface area contributed by atoms with E-state index in [9.17, 15) is 19.2 Å². The number of nitrogens with one attached hydrogen (secondary N) is 1. The number of carboxylic acid groups (broad SMARTS) is 2. The van der Waals surface area contributed by atoms with Gasteiger partial charge >= 0.3 is 23.9 Å². The van der Waals surface area contributed by atoms with Crippen molar-refractivity contribution in [3.8, 4) is 0 Å². The number of hydrogen-bond acceptors (Lipinski definition) is 7. The third kappa shape index (κ3) is 13.1. The molecule has 0 aliphatic rings. The SMILES string of the molecule is CCC[C@H](N[C@@H](C)C(=O)O)C(=O)OCC.O=C(O)/C=C\C(=O)OCc1ccccc1. The molecule has 166 valence electrons. The maximum absolute atomic E-state index is 11.4. The highest BCUT2D eigenvalue weighted by molar-refractivity contribution is 5.90. The van der Waals surface area contributed by atoms with Crippen LogP contribution in [0.15, 0.2) is 42.5 Å². The highest BCUT2D eigenvalue weighted by atomic mass is 16.5. The van der Waals surface area contributed by atoms with Gasteiger partial charge in [-0.2, -0.15) is 0 Å². The van der Waals surface area contributed by atoms with Crippen LogP contribution in [-0.2, 0) is 35.3 Å². The number of aliphatic carboxylic acids is 2. The smallest absolute Gasteiger partial charge is 0.331 e. The van der Waals surface area contributed by atoms with Crippen molar-refractivity contribution in [3.63, 3.8) is 0 Å². The Balaban J connectivity index is 0.000000561. The van der Waals surface area contributed by atoms with Crippen LogP contribution in [0.1, 0.15) is 39.2 Å². The van der Waals surface area contributed by atoms with E-state index in [1.807, 2.05) is 37.3 Å². The maximum Gasteiger partial charge on any atom is 0.331 e. The van der Waals surface area contributed by atoms with Crippen molar-refractivity contribution in [2.75, 3.05) is 6.61 Å². The molecule has 2 atom stereocenters. The zero-order valence-electron chi connectivity index (χ0n) is 17.4. The largest absolute Gasteiger partial charge is 0.480 e. The summed E-state index contributed by atoms with van der Waals surface area (Å²) in [6.07, 6.45) is 3.00. The van der Waals surface area contributed by atoms with Crippen molar-refractivity contribution >= 4 is 23.9 Å². The first-order chi connectivity index (χ1) is 14.2. The van der Waals surface area contributed by atoms with Gasteiger partial charge < -0.3 is 19.7 Å². The van der Waals surface area contributed by atoms with Gasteiger partial charge in [0.1, 0.15) is 18.7 Å². The van der Waals surface area contributed by atoms with Crippen molar-refractivity contribution in [2.45, 2.75) is 52.3 Å². The number of esters is 2. The van der Waals surface area contributed by atoms with Gasteiger partial charge in [0.05, 0.1) is 6.61 Å². The van der Waals surface area contributed by atoms with E-state index in [4.69, 9.17) is 19.7 Å². The lowest BCUT2D eigenvalue weighted by Crippen LogP contribution is -2.46. The molecule has 0 bridgehead atoms. The van der Waals surface area contributed by atoms with Crippen LogP contribution in [0.3, 0.4) is 0 Å². The van der Waals surface area contributed by atoms with E-state index in [1.54, 1.807) is 6.92 Å². The summed E-state index contributed by atoms with van der Waals surface area (Å²) >= 11 is 0. The van der Waals surface area contributed by atoms with Crippen molar-refractivity contribution in [1.29, 1.82) is 0 Å². The van der Waals surface area contributed by atoms with Gasteiger partial charge in [-0.1, -0.05) is 43.7 Å². The summed E-state index contributed by atoms with van der Waals surface area (Å²) in [7, 11) is 0. The Bertz CT molecular complexity index is 702. The van der Waals surface area contributed by atoms with Crippen molar-refractivity contribution < 1.29 is 38.9 Å². The van der Waals surface area contributed by atoms with Crippen molar-refractivity contribution in [2.24, 2.45) is 0 Å². The van der Waals surface area contributed by atoms with E-state index in [1.165, 1.54) is 6.92 Å². The van der Waals surface area contributed by atoms with Crippen molar-refractivity contribution in [1.82, 2.24) is 5.32 Å². The van der Waals surface area contributed by atoms with Crippen LogP contribution in [0.25, 0.3) is 0 Å². The third-order valence-electron chi connectivity index (χ3n) is 3.56. The Morgan fingerprint density at radius 1 is 1.03 bits per heavy atom. The minimum Gasteiger partial charge on any atom is -0.480 e. The monoisotopic (exact) mass is 423 g/mol. The molecule has 1 rings (SSSR count). The molecule has 0 fully saturated rings. The topological polar surface area (TPSA) is 139 Å². The second-order valence-corrected chi connectivity index (χ2v) is 6.08. The van der Waals surface area contributed by atoms with Crippen LogP contribution < -0.4 is 5.32 Å². The summed E-state index contributed by atoms with van der Waals surface area (Å²) in [5.41, 5.74) is 0.856. The molecule has 9 heteroatoms. The first kappa shape index (κ1) is 26.8. The second-order valence-electron chi connectivity index (χ2n) is 6.08. The number of carbonyl (C=O) groups is 4. The lowest BCUT2D eigenvalue weighted by atomic mass is 10.1. The van der Waals surface area contributed by atoms with Crippen LogP contribution in [0.5, 0.6) is 0 Å². The molecular weight excluding hydrogens is 394 g/mol. The maximum atomic E-state index is 11.4. The quantitative estimate of drug-likeness (QED) is 0.361. The standard InChI is InChI=1S/C11H10O4.C10H19NO4/c12-10(13)6-7-11(14)15-8-9-4-2-1-3-5-9;1-4-6-8(10(14)15-5-2)11-7(3)9(12)13/h1-7H,8H2,(H,12,13);7-8,11H,4-6H2,1-3H3,(H,12,13)/b7-6-;/t;7-,8-/m.0/s1. The second kappa shape index (κ2) is 15.7. The summed E-state index contributed by atoms with van der Waals surface area (Å²) in [6, 6.07) is 7.87. The minimum absolute atomic E-state index is 0.142. The summed E-state index contributed by atoms with van der Waals surface area (Å²) in [6.45, 7) is 5.61. The first-order valence-corrected chi connectivity index (χ1v) is 9.48. The zero-order chi connectivity index (χ0) is 22.9. The number of benzene rings is 1. The molecule has 0 aliphatic heterocycles. The van der Waals surface area contributed by atoms with Crippen molar-refractivity contribution in [3.05, 3.63) is 48.0 Å². The summed E-state index contributed by atoms with van der Waals surface area (Å²) in [5, 5.41) is 19.7. The van der Waals surface area contributed by atoms with E-state index in [0.717, 1.165) is 24.1 Å². The van der Waals surface area contributed by atoms with Crippen LogP contribution in [0.4, 0.5) is 0 Å². The normalized spacial score (nSPS) is 12.2. The Morgan fingerprint density at radius 3 is 2.17 bits per heavy atom. The molecule has 0 aromatic heterocycles. The molecule has 0 aliphatic carbocycles. The molecule has 0 unspecified atom stereocenters. The lowest BCUT2D eigenvalue weighted by molar-refractivity contribution is -0.147. The van der Waals surface area contributed by atoms with E-state index >= 15 is 0 Å². The lowest BCUT2D eigenvalue weighted by Gasteiger charge is -2.18. The fraction of sp³-hybridized carbons (Fsp3) is 0.429. The molecule has 1 aromatic rings. The Labute approximate surface area is 175 Å². The predicted molar refractivity (Wildman–Crippen MR) is 109 cm³/mol. The Morgan fingerprint density at radius 2 is 1.67 bits per heavy atom. The number of carboxylic acids is 2. The van der Waals surface area contributed by atoms with Crippen LogP contribution in [-0.4, -0.2) is 52.8 Å². The van der Waals surface area contributed by atoms with Gasteiger partial charge in [0.15, 0.2) is 0 Å². The number of ether oxygens (including phenoxy) is 2. The molecule has 0 amide bonds. The van der Waals surface area contributed by atoms with Crippen LogP contribution >= 0.6 is 0 Å². The molecule has 0 saturated carbocycles. The average molecular weight is 423 g/mol. The molecular formula is C21H29NO8. The van der Waals surface area contributed by atoms with Crippen LogP contribution in [0, 0.1) is 0 Å². The Hall–Kier alpha value is -3.20. The molecule has 0 spiro atoms. The first-order valence-electron chi connectivity index (χ1n) is 9.48. The summed E-state index contributed by atoms with van der Waals surface area (Å²) < 4.78 is 9.63. The van der Waals surface area contributed by atoms with E-state index in [2.05, 4.69) is 5.32 Å².